The number of nitrogens with zero attached hydrogens (tertiary/aromatic N) is 2. The Kier molecular flexibility index (Phi) is 5.18. The first-order valence-corrected chi connectivity index (χ1v) is 7.83. The van der Waals surface area contributed by atoms with E-state index in [1.54, 1.807) is 0 Å². The van der Waals surface area contributed by atoms with E-state index in [9.17, 15) is 0 Å². The van der Waals surface area contributed by atoms with Crippen LogP contribution in [0.4, 0.5) is 0 Å². The largest absolute Gasteiger partial charge is 0.328 e. The third-order valence-corrected chi connectivity index (χ3v) is 3.73. The van der Waals surface area contributed by atoms with Crippen molar-refractivity contribution in [2.75, 3.05) is 6.54 Å². The lowest BCUT2D eigenvalue weighted by Gasteiger charge is -2.20. The van der Waals surface area contributed by atoms with Crippen molar-refractivity contribution in [1.82, 2.24) is 14.9 Å². The van der Waals surface area contributed by atoms with Crippen LogP contribution in [0.1, 0.15) is 39.9 Å². The molecule has 1 heterocycles. The predicted octanol–water partition coefficient (Wildman–Crippen LogP) is 3.62. The fraction of sp³-hybridized carbons (Fsp3) is 0.588. The molecule has 3 heteroatoms. The van der Waals surface area contributed by atoms with Gasteiger partial charge < -0.3 is 9.88 Å². The van der Waals surface area contributed by atoms with Gasteiger partial charge in [0.1, 0.15) is 5.82 Å². The van der Waals surface area contributed by atoms with Crippen LogP contribution in [-0.2, 0) is 13.0 Å². The van der Waals surface area contributed by atoms with Crippen LogP contribution in [0.5, 0.6) is 0 Å². The predicted molar refractivity (Wildman–Crippen MR) is 86.0 cm³/mol. The Morgan fingerprint density at radius 1 is 1.20 bits per heavy atom. The number of likely N-dealkylation sites (N-methyl/N-ethyl adjacent to an activating group) is 1. The lowest BCUT2D eigenvalue weighted by molar-refractivity contribution is 0.414. The molecule has 2 rings (SSSR count). The minimum atomic E-state index is 0.516. The zero-order valence-corrected chi connectivity index (χ0v) is 13.2. The minimum absolute atomic E-state index is 0.516. The summed E-state index contributed by atoms with van der Waals surface area (Å²) in [6, 6.07) is 8.95. The average Bonchev–Trinajstić information content (AvgIpc) is 2.75. The summed E-state index contributed by atoms with van der Waals surface area (Å²) in [6.07, 6.45) is 2.20. The molecule has 0 bridgehead atoms. The summed E-state index contributed by atoms with van der Waals surface area (Å²) in [7, 11) is 0. The molecule has 0 saturated carbocycles. The molecule has 0 fully saturated rings. The van der Waals surface area contributed by atoms with Crippen molar-refractivity contribution in [3.8, 4) is 0 Å². The maximum Gasteiger partial charge on any atom is 0.111 e. The van der Waals surface area contributed by atoms with Crippen molar-refractivity contribution >= 4 is 11.0 Å². The van der Waals surface area contributed by atoms with E-state index >= 15 is 0 Å². The van der Waals surface area contributed by atoms with Crippen LogP contribution >= 0.6 is 0 Å². The SMILES string of the molecule is CCNC(Cc1nc2ccccc2n1CC)CC(C)C. The van der Waals surface area contributed by atoms with Gasteiger partial charge in [-0.2, -0.15) is 0 Å². The monoisotopic (exact) mass is 273 g/mol. The first-order chi connectivity index (χ1) is 9.65. The molecule has 20 heavy (non-hydrogen) atoms. The number of hydrogen-bond acceptors (Lipinski definition) is 2. The summed E-state index contributed by atoms with van der Waals surface area (Å²) < 4.78 is 2.35. The van der Waals surface area contributed by atoms with Crippen LogP contribution in [0, 0.1) is 5.92 Å². The summed E-state index contributed by atoms with van der Waals surface area (Å²) in [5.41, 5.74) is 2.37. The number of imidazole rings is 1. The molecule has 1 aromatic heterocycles. The quantitative estimate of drug-likeness (QED) is 0.835. The van der Waals surface area contributed by atoms with Gasteiger partial charge in [0.05, 0.1) is 11.0 Å². The van der Waals surface area contributed by atoms with E-state index in [1.807, 2.05) is 0 Å². The van der Waals surface area contributed by atoms with E-state index in [1.165, 1.54) is 17.8 Å². The van der Waals surface area contributed by atoms with E-state index in [0.717, 1.165) is 25.0 Å². The van der Waals surface area contributed by atoms with E-state index < -0.39 is 0 Å². The smallest absolute Gasteiger partial charge is 0.111 e. The van der Waals surface area contributed by atoms with Gasteiger partial charge in [-0.3, -0.25) is 0 Å². The molecular weight excluding hydrogens is 246 g/mol. The topological polar surface area (TPSA) is 29.9 Å². The Hall–Kier alpha value is -1.35. The summed E-state index contributed by atoms with van der Waals surface area (Å²) in [5, 5.41) is 3.60. The number of fused-ring (bicyclic) bond motifs is 1. The molecule has 2 aromatic rings. The van der Waals surface area contributed by atoms with Crippen molar-refractivity contribution in [1.29, 1.82) is 0 Å². The molecule has 0 aliphatic heterocycles. The number of nitrogens with one attached hydrogen (secondary N) is 1. The normalized spacial score (nSPS) is 13.2. The second kappa shape index (κ2) is 6.89. The van der Waals surface area contributed by atoms with Crippen LogP contribution in [0.3, 0.4) is 0 Å². The maximum atomic E-state index is 4.84. The van der Waals surface area contributed by atoms with Gasteiger partial charge in [-0.1, -0.05) is 32.9 Å². The third kappa shape index (κ3) is 3.40. The Bertz CT molecular complexity index is 542. The number of aryl methyl sites for hydroxylation is 1. The van der Waals surface area contributed by atoms with Crippen LogP contribution in [-0.4, -0.2) is 22.1 Å². The molecule has 0 aliphatic rings. The lowest BCUT2D eigenvalue weighted by Crippen LogP contribution is -2.33. The van der Waals surface area contributed by atoms with Crippen LogP contribution in [0.15, 0.2) is 24.3 Å². The Morgan fingerprint density at radius 2 is 1.95 bits per heavy atom. The fourth-order valence-electron chi connectivity index (χ4n) is 2.95. The molecule has 1 aromatic carbocycles. The first kappa shape index (κ1) is 15.0. The maximum absolute atomic E-state index is 4.84. The van der Waals surface area contributed by atoms with Gasteiger partial charge >= 0.3 is 0 Å². The summed E-state index contributed by atoms with van der Waals surface area (Å²) in [6.45, 7) is 10.9. The molecule has 0 aliphatic carbocycles. The number of para-hydroxylation sites is 2. The zero-order chi connectivity index (χ0) is 14.5. The Balaban J connectivity index is 2.26. The van der Waals surface area contributed by atoms with Gasteiger partial charge in [0.25, 0.3) is 0 Å². The molecule has 0 saturated heterocycles. The number of hydrogen-bond donors (Lipinski definition) is 1. The van der Waals surface area contributed by atoms with Crippen molar-refractivity contribution in [2.24, 2.45) is 5.92 Å². The fourth-order valence-corrected chi connectivity index (χ4v) is 2.95. The summed E-state index contributed by atoms with van der Waals surface area (Å²) in [5.74, 6) is 1.92. The van der Waals surface area contributed by atoms with Gasteiger partial charge in [-0.25, -0.2) is 4.98 Å². The number of aromatic nitrogens is 2. The molecule has 3 nitrogen and oxygen atoms in total. The van der Waals surface area contributed by atoms with Crippen molar-refractivity contribution in [3.63, 3.8) is 0 Å². The second-order valence-corrected chi connectivity index (χ2v) is 5.85. The van der Waals surface area contributed by atoms with E-state index in [2.05, 4.69) is 61.8 Å². The second-order valence-electron chi connectivity index (χ2n) is 5.85. The molecule has 0 radical (unpaired) electrons. The highest BCUT2D eigenvalue weighted by Crippen LogP contribution is 2.18. The molecule has 0 amide bonds. The van der Waals surface area contributed by atoms with E-state index in [0.29, 0.717) is 12.0 Å². The summed E-state index contributed by atoms with van der Waals surface area (Å²) >= 11 is 0. The molecular formula is C17H27N3. The zero-order valence-electron chi connectivity index (χ0n) is 13.2. The molecule has 110 valence electrons. The van der Waals surface area contributed by atoms with Gasteiger partial charge in [0, 0.05) is 19.0 Å². The highest BCUT2D eigenvalue weighted by atomic mass is 15.1. The Labute approximate surface area is 122 Å². The van der Waals surface area contributed by atoms with Crippen LogP contribution < -0.4 is 5.32 Å². The van der Waals surface area contributed by atoms with Gasteiger partial charge in [0.15, 0.2) is 0 Å². The molecule has 1 unspecified atom stereocenters. The first-order valence-electron chi connectivity index (χ1n) is 7.83. The average molecular weight is 273 g/mol. The highest BCUT2D eigenvalue weighted by molar-refractivity contribution is 5.75. The van der Waals surface area contributed by atoms with Crippen molar-refractivity contribution in [2.45, 2.75) is 53.1 Å². The Morgan fingerprint density at radius 3 is 2.60 bits per heavy atom. The standard InChI is InChI=1S/C17H27N3/c1-5-18-14(11-13(3)4)12-17-19-15-9-7-8-10-16(15)20(17)6-2/h7-10,13-14,18H,5-6,11-12H2,1-4H3. The van der Waals surface area contributed by atoms with Gasteiger partial charge in [-0.05, 0) is 37.9 Å². The number of benzene rings is 1. The molecule has 0 spiro atoms. The van der Waals surface area contributed by atoms with Crippen LogP contribution in [0.25, 0.3) is 11.0 Å². The molecule has 1 N–H and O–H groups in total. The van der Waals surface area contributed by atoms with Gasteiger partial charge in [0.2, 0.25) is 0 Å². The van der Waals surface area contributed by atoms with Gasteiger partial charge in [-0.15, -0.1) is 0 Å². The van der Waals surface area contributed by atoms with E-state index in [4.69, 9.17) is 4.98 Å². The molecule has 1 atom stereocenters. The van der Waals surface area contributed by atoms with Crippen molar-refractivity contribution in [3.05, 3.63) is 30.1 Å². The number of rotatable bonds is 7. The highest BCUT2D eigenvalue weighted by Gasteiger charge is 2.16. The van der Waals surface area contributed by atoms with Crippen LogP contribution in [0.2, 0.25) is 0 Å². The minimum Gasteiger partial charge on any atom is -0.328 e. The lowest BCUT2D eigenvalue weighted by atomic mass is 10.0. The van der Waals surface area contributed by atoms with Crippen molar-refractivity contribution < 1.29 is 0 Å². The van der Waals surface area contributed by atoms with E-state index in [-0.39, 0.29) is 0 Å². The summed E-state index contributed by atoms with van der Waals surface area (Å²) in [4.78, 5) is 4.84. The third-order valence-electron chi connectivity index (χ3n) is 3.73.